The summed E-state index contributed by atoms with van der Waals surface area (Å²) in [7, 11) is 0. The molecule has 1 aliphatic carbocycles. The summed E-state index contributed by atoms with van der Waals surface area (Å²) in [5.41, 5.74) is 3.25. The molecule has 0 heterocycles. The highest BCUT2D eigenvalue weighted by molar-refractivity contribution is 9.25. The molecule has 25 heavy (non-hydrogen) atoms. The summed E-state index contributed by atoms with van der Waals surface area (Å²) in [4.78, 5) is 0. The number of benzene rings is 2. The van der Waals surface area contributed by atoms with E-state index in [1.54, 1.807) is 0 Å². The molecule has 2 aromatic rings. The van der Waals surface area contributed by atoms with Gasteiger partial charge in [0.2, 0.25) is 0 Å². The standard InChI is InChI=1S/C18H13Br7/c1-16(2)17(3,8-6-4-5-7-9(8)19)10-11(18(16,24)25)13(21)15(23)14(22)12(10)20/h4-7H,1-3H3. The Morgan fingerprint density at radius 3 is 1.68 bits per heavy atom. The van der Waals surface area contributed by atoms with E-state index in [4.69, 9.17) is 0 Å². The van der Waals surface area contributed by atoms with Crippen LogP contribution in [-0.2, 0) is 8.65 Å². The minimum atomic E-state index is -0.406. The molecule has 2 aromatic carbocycles. The first kappa shape index (κ1) is 21.5. The Morgan fingerprint density at radius 2 is 1.16 bits per heavy atom. The van der Waals surface area contributed by atoms with Gasteiger partial charge in [-0.25, -0.2) is 0 Å². The van der Waals surface area contributed by atoms with Crippen LogP contribution in [0.4, 0.5) is 0 Å². The Bertz CT molecular complexity index is 885. The molecule has 3 rings (SSSR count). The monoisotopic (exact) mass is 782 g/mol. The van der Waals surface area contributed by atoms with Gasteiger partial charge in [0.05, 0.1) is 0 Å². The van der Waals surface area contributed by atoms with E-state index in [2.05, 4.69) is 157 Å². The Labute approximate surface area is 207 Å². The summed E-state index contributed by atoms with van der Waals surface area (Å²) in [5.74, 6) is 0. The highest BCUT2D eigenvalue weighted by Gasteiger charge is 2.64. The van der Waals surface area contributed by atoms with E-state index in [0.717, 1.165) is 22.4 Å². The van der Waals surface area contributed by atoms with Gasteiger partial charge in [-0.1, -0.05) is 86.8 Å². The summed E-state index contributed by atoms with van der Waals surface area (Å²) in [5, 5.41) is 0. The van der Waals surface area contributed by atoms with Gasteiger partial charge in [0.25, 0.3) is 0 Å². The molecule has 0 bridgehead atoms. The van der Waals surface area contributed by atoms with Crippen LogP contribution in [0.5, 0.6) is 0 Å². The van der Waals surface area contributed by atoms with Gasteiger partial charge < -0.3 is 0 Å². The number of alkyl halides is 2. The first-order valence-corrected chi connectivity index (χ1v) is 13.0. The first-order chi connectivity index (χ1) is 11.4. The average Bonchev–Trinajstić information content (AvgIpc) is 2.66. The lowest BCUT2D eigenvalue weighted by atomic mass is 9.63. The zero-order chi connectivity index (χ0) is 18.9. The van der Waals surface area contributed by atoms with E-state index in [-0.39, 0.29) is 10.8 Å². The predicted molar refractivity (Wildman–Crippen MR) is 131 cm³/mol. The van der Waals surface area contributed by atoms with Gasteiger partial charge in [-0.3, -0.25) is 0 Å². The van der Waals surface area contributed by atoms with Crippen LogP contribution in [0.1, 0.15) is 37.5 Å². The number of rotatable bonds is 1. The van der Waals surface area contributed by atoms with Crippen molar-refractivity contribution in [3.63, 3.8) is 0 Å². The highest BCUT2D eigenvalue weighted by Crippen LogP contribution is 2.73. The normalized spacial score (nSPS) is 23.6. The first-order valence-electron chi connectivity index (χ1n) is 7.40. The van der Waals surface area contributed by atoms with Gasteiger partial charge >= 0.3 is 0 Å². The number of hydrogen-bond acceptors (Lipinski definition) is 0. The zero-order valence-electron chi connectivity index (χ0n) is 13.5. The van der Waals surface area contributed by atoms with Crippen molar-refractivity contribution in [3.05, 3.63) is 63.3 Å². The van der Waals surface area contributed by atoms with Gasteiger partial charge in [0, 0.05) is 38.8 Å². The zero-order valence-corrected chi connectivity index (χ0v) is 24.6. The van der Waals surface area contributed by atoms with Gasteiger partial charge in [0.15, 0.2) is 0 Å². The van der Waals surface area contributed by atoms with Crippen molar-refractivity contribution in [3.8, 4) is 0 Å². The van der Waals surface area contributed by atoms with Crippen LogP contribution in [-0.4, -0.2) is 0 Å². The lowest BCUT2D eigenvalue weighted by Gasteiger charge is -2.45. The third kappa shape index (κ3) is 2.76. The summed E-state index contributed by atoms with van der Waals surface area (Å²) >= 11 is 26.9. The van der Waals surface area contributed by atoms with Crippen molar-refractivity contribution in [2.45, 2.75) is 29.4 Å². The largest absolute Gasteiger partial charge is 0.113 e. The van der Waals surface area contributed by atoms with Crippen molar-refractivity contribution in [1.29, 1.82) is 0 Å². The Hall–Kier alpha value is 1.80. The maximum atomic E-state index is 4.02. The smallest absolute Gasteiger partial charge is 0.0667 e. The van der Waals surface area contributed by atoms with Crippen LogP contribution >= 0.6 is 112 Å². The molecule has 0 fully saturated rings. The summed E-state index contributed by atoms with van der Waals surface area (Å²) in [6.07, 6.45) is 0. The van der Waals surface area contributed by atoms with Crippen molar-refractivity contribution in [1.82, 2.24) is 0 Å². The van der Waals surface area contributed by atoms with Crippen molar-refractivity contribution in [2.24, 2.45) is 5.41 Å². The molecule has 1 aliphatic rings. The van der Waals surface area contributed by atoms with E-state index in [9.17, 15) is 0 Å². The maximum absolute atomic E-state index is 4.02. The van der Waals surface area contributed by atoms with E-state index < -0.39 is 3.23 Å². The SMILES string of the molecule is CC1(c2ccccc2Br)c2c(Br)c(Br)c(Br)c(Br)c2C(Br)(Br)C1(C)C. The molecular formula is C18H13Br7. The van der Waals surface area contributed by atoms with Gasteiger partial charge in [-0.15, -0.1) is 0 Å². The Kier molecular flexibility index (Phi) is 5.97. The number of hydrogen-bond donors (Lipinski definition) is 0. The maximum Gasteiger partial charge on any atom is 0.113 e. The molecule has 0 nitrogen and oxygen atoms in total. The summed E-state index contributed by atoms with van der Waals surface area (Å²) < 4.78 is 4.80. The molecule has 1 unspecified atom stereocenters. The Balaban J connectivity index is 2.56. The minimum absolute atomic E-state index is 0.183. The fourth-order valence-corrected chi connectivity index (χ4v) is 9.28. The lowest BCUT2D eigenvalue weighted by molar-refractivity contribution is 0.232. The third-order valence-electron chi connectivity index (χ3n) is 5.53. The second kappa shape index (κ2) is 6.94. The fraction of sp³-hybridized carbons (Fsp3) is 0.333. The quantitative estimate of drug-likeness (QED) is 0.154. The van der Waals surface area contributed by atoms with Crippen molar-refractivity contribution in [2.75, 3.05) is 0 Å². The van der Waals surface area contributed by atoms with Crippen molar-refractivity contribution < 1.29 is 0 Å². The summed E-state index contributed by atoms with van der Waals surface area (Å²) in [6, 6.07) is 8.46. The van der Waals surface area contributed by atoms with Crippen LogP contribution in [0.3, 0.4) is 0 Å². The van der Waals surface area contributed by atoms with E-state index in [1.165, 1.54) is 16.7 Å². The molecule has 0 aromatic heterocycles. The second-order valence-electron chi connectivity index (χ2n) is 6.81. The molecule has 0 radical (unpaired) electrons. The molecule has 0 aliphatic heterocycles. The molecular weight excluding hydrogens is 776 g/mol. The Morgan fingerprint density at radius 1 is 0.680 bits per heavy atom. The van der Waals surface area contributed by atoms with Crippen LogP contribution in [0.2, 0.25) is 0 Å². The molecule has 0 amide bonds. The second-order valence-corrected chi connectivity index (χ2v) is 14.3. The fourth-order valence-electron chi connectivity index (χ4n) is 3.67. The molecule has 0 saturated heterocycles. The molecule has 1 atom stereocenters. The van der Waals surface area contributed by atoms with E-state index >= 15 is 0 Å². The van der Waals surface area contributed by atoms with Crippen LogP contribution < -0.4 is 0 Å². The highest BCUT2D eigenvalue weighted by atomic mass is 79.9. The van der Waals surface area contributed by atoms with Gasteiger partial charge in [0.1, 0.15) is 3.23 Å². The van der Waals surface area contributed by atoms with Crippen LogP contribution in [0, 0.1) is 5.41 Å². The molecule has 0 saturated carbocycles. The van der Waals surface area contributed by atoms with Crippen molar-refractivity contribution >= 4 is 112 Å². The molecule has 0 N–H and O–H groups in total. The van der Waals surface area contributed by atoms with Crippen LogP contribution in [0.15, 0.2) is 46.6 Å². The van der Waals surface area contributed by atoms with Gasteiger partial charge in [-0.2, -0.15) is 0 Å². The van der Waals surface area contributed by atoms with Crippen LogP contribution in [0.25, 0.3) is 0 Å². The lowest BCUT2D eigenvalue weighted by Crippen LogP contribution is -2.42. The summed E-state index contributed by atoms with van der Waals surface area (Å²) in [6.45, 7) is 6.89. The average molecular weight is 789 g/mol. The topological polar surface area (TPSA) is 0 Å². The minimum Gasteiger partial charge on any atom is -0.0667 e. The molecule has 134 valence electrons. The van der Waals surface area contributed by atoms with E-state index in [1.807, 2.05) is 0 Å². The molecule has 0 spiro atoms. The van der Waals surface area contributed by atoms with E-state index in [0.29, 0.717) is 0 Å². The van der Waals surface area contributed by atoms with Gasteiger partial charge in [-0.05, 0) is 80.9 Å². The predicted octanol–water partition coefficient (Wildman–Crippen LogP) is 9.79. The number of fused-ring (bicyclic) bond motifs is 1. The third-order valence-corrected chi connectivity index (χ3v) is 13.8. The molecule has 7 heteroatoms. The number of halogens is 7.